The number of hydrogen-bond donors (Lipinski definition) is 1. The van der Waals surface area contributed by atoms with Crippen LogP contribution in [0, 0.1) is 29.1 Å². The molecule has 2 aliphatic rings. The molecule has 3 nitrogen and oxygen atoms in total. The van der Waals surface area contributed by atoms with Crippen molar-refractivity contribution in [1.82, 2.24) is 5.32 Å². The molecule has 0 saturated heterocycles. The van der Waals surface area contributed by atoms with Gasteiger partial charge in [0.05, 0.1) is 6.07 Å². The fourth-order valence-electron chi connectivity index (χ4n) is 2.86. The summed E-state index contributed by atoms with van der Waals surface area (Å²) in [6, 6.07) is 1.94. The Balaban J connectivity index is 1.75. The van der Waals surface area contributed by atoms with E-state index in [0.717, 1.165) is 12.3 Å². The lowest BCUT2D eigenvalue weighted by Crippen LogP contribution is -2.26. The molecule has 0 unspecified atom stereocenters. The number of hydrogen-bond acceptors (Lipinski definition) is 2. The second-order valence-electron chi connectivity index (χ2n) is 4.78. The van der Waals surface area contributed by atoms with Gasteiger partial charge < -0.3 is 5.32 Å². The first-order valence-corrected chi connectivity index (χ1v) is 5.97. The van der Waals surface area contributed by atoms with Crippen LogP contribution < -0.4 is 5.32 Å². The van der Waals surface area contributed by atoms with Crippen molar-refractivity contribution in [2.24, 2.45) is 17.8 Å². The van der Waals surface area contributed by atoms with Crippen molar-refractivity contribution in [1.29, 1.82) is 5.26 Å². The van der Waals surface area contributed by atoms with Gasteiger partial charge in [-0.2, -0.15) is 5.26 Å². The highest BCUT2D eigenvalue weighted by Crippen LogP contribution is 2.49. The lowest BCUT2D eigenvalue weighted by molar-refractivity contribution is -0.122. The van der Waals surface area contributed by atoms with Crippen molar-refractivity contribution < 1.29 is 4.79 Å². The smallest absolute Gasteiger partial charge is 0.224 e. The summed E-state index contributed by atoms with van der Waals surface area (Å²) in [5.41, 5.74) is 0. The molecule has 0 aromatic carbocycles. The minimum atomic E-state index is 0.104. The Morgan fingerprint density at radius 2 is 2.07 bits per heavy atom. The van der Waals surface area contributed by atoms with Crippen LogP contribution in [0.3, 0.4) is 0 Å². The van der Waals surface area contributed by atoms with E-state index in [9.17, 15) is 4.79 Å². The van der Waals surface area contributed by atoms with Gasteiger partial charge in [0.2, 0.25) is 5.91 Å². The number of nitrogens with zero attached hydrogens (tertiary/aromatic N) is 1. The Morgan fingerprint density at radius 3 is 2.73 bits per heavy atom. The summed E-state index contributed by atoms with van der Waals surface area (Å²) < 4.78 is 0. The molecule has 1 amide bonds. The minimum Gasteiger partial charge on any atom is -0.343 e. The summed E-state index contributed by atoms with van der Waals surface area (Å²) in [4.78, 5) is 11.6. The molecule has 0 heterocycles. The molecule has 15 heavy (non-hydrogen) atoms. The SMILES string of the molecule is N#CCNC(=O)[C@@H]1C[C@@H]1C1CCCCC1. The van der Waals surface area contributed by atoms with E-state index in [-0.39, 0.29) is 18.4 Å². The second kappa shape index (κ2) is 4.65. The zero-order valence-corrected chi connectivity index (χ0v) is 9.04. The number of nitriles is 1. The molecule has 2 fully saturated rings. The Labute approximate surface area is 90.8 Å². The van der Waals surface area contributed by atoms with Crippen LogP contribution in [-0.2, 0) is 4.79 Å². The summed E-state index contributed by atoms with van der Waals surface area (Å²) in [5.74, 6) is 1.74. The molecular weight excluding hydrogens is 188 g/mol. The largest absolute Gasteiger partial charge is 0.343 e. The van der Waals surface area contributed by atoms with E-state index in [1.165, 1.54) is 32.1 Å². The summed E-state index contributed by atoms with van der Waals surface area (Å²) in [6.07, 6.45) is 7.73. The fourth-order valence-corrected chi connectivity index (χ4v) is 2.86. The van der Waals surface area contributed by atoms with Crippen LogP contribution >= 0.6 is 0 Å². The van der Waals surface area contributed by atoms with Gasteiger partial charge in [-0.25, -0.2) is 0 Å². The highest BCUT2D eigenvalue weighted by molar-refractivity contribution is 5.81. The lowest BCUT2D eigenvalue weighted by Gasteiger charge is -2.21. The standard InChI is InChI=1S/C12H18N2O/c13-6-7-14-12(15)11-8-10(11)9-4-2-1-3-5-9/h9-11H,1-5,7-8H2,(H,14,15)/t10-,11-/m1/s1. The first-order valence-electron chi connectivity index (χ1n) is 5.97. The van der Waals surface area contributed by atoms with Gasteiger partial charge in [-0.3, -0.25) is 4.79 Å². The van der Waals surface area contributed by atoms with Crippen LogP contribution in [0.25, 0.3) is 0 Å². The van der Waals surface area contributed by atoms with Crippen LogP contribution in [0.4, 0.5) is 0 Å². The van der Waals surface area contributed by atoms with Gasteiger partial charge in [-0.05, 0) is 18.3 Å². The van der Waals surface area contributed by atoms with Crippen LogP contribution in [0.5, 0.6) is 0 Å². The molecule has 0 aliphatic heterocycles. The molecule has 0 radical (unpaired) electrons. The summed E-state index contributed by atoms with van der Waals surface area (Å²) in [5, 5.41) is 11.0. The number of amides is 1. The van der Waals surface area contributed by atoms with Crippen molar-refractivity contribution in [3.8, 4) is 6.07 Å². The minimum absolute atomic E-state index is 0.104. The van der Waals surface area contributed by atoms with E-state index in [2.05, 4.69) is 5.32 Å². The number of rotatable bonds is 3. The molecule has 3 heteroatoms. The Bertz CT molecular complexity index is 276. The monoisotopic (exact) mass is 206 g/mol. The quantitative estimate of drug-likeness (QED) is 0.716. The van der Waals surface area contributed by atoms with Crippen molar-refractivity contribution in [3.63, 3.8) is 0 Å². The summed E-state index contributed by atoms with van der Waals surface area (Å²) >= 11 is 0. The van der Waals surface area contributed by atoms with Crippen molar-refractivity contribution >= 4 is 5.91 Å². The number of nitrogens with one attached hydrogen (secondary N) is 1. The molecule has 2 atom stereocenters. The van der Waals surface area contributed by atoms with Crippen molar-refractivity contribution in [2.75, 3.05) is 6.54 Å². The van der Waals surface area contributed by atoms with Crippen LogP contribution in [0.15, 0.2) is 0 Å². The van der Waals surface area contributed by atoms with Crippen molar-refractivity contribution in [3.05, 3.63) is 0 Å². The Hall–Kier alpha value is -1.04. The average Bonchev–Trinajstić information content (AvgIpc) is 3.07. The van der Waals surface area contributed by atoms with E-state index in [0.29, 0.717) is 5.92 Å². The van der Waals surface area contributed by atoms with E-state index >= 15 is 0 Å². The Kier molecular flexibility index (Phi) is 3.25. The highest BCUT2D eigenvalue weighted by atomic mass is 16.2. The number of carbonyl (C=O) groups is 1. The highest BCUT2D eigenvalue weighted by Gasteiger charge is 2.47. The van der Waals surface area contributed by atoms with Gasteiger partial charge in [0, 0.05) is 5.92 Å². The van der Waals surface area contributed by atoms with Gasteiger partial charge in [-0.15, -0.1) is 0 Å². The maximum Gasteiger partial charge on any atom is 0.224 e. The van der Waals surface area contributed by atoms with E-state index in [4.69, 9.17) is 5.26 Å². The van der Waals surface area contributed by atoms with Gasteiger partial charge in [0.25, 0.3) is 0 Å². The first kappa shape index (κ1) is 10.5. The molecule has 0 bridgehead atoms. The third-order valence-electron chi connectivity index (χ3n) is 3.77. The maximum absolute atomic E-state index is 11.6. The first-order chi connectivity index (χ1) is 7.33. The normalized spacial score (nSPS) is 30.6. The molecule has 0 spiro atoms. The van der Waals surface area contributed by atoms with Crippen LogP contribution in [0.1, 0.15) is 38.5 Å². The van der Waals surface area contributed by atoms with Crippen LogP contribution in [0.2, 0.25) is 0 Å². The molecule has 2 rings (SSSR count). The fraction of sp³-hybridized carbons (Fsp3) is 0.833. The summed E-state index contributed by atoms with van der Waals surface area (Å²) in [7, 11) is 0. The predicted octanol–water partition coefficient (Wildman–Crippen LogP) is 1.84. The Morgan fingerprint density at radius 1 is 1.33 bits per heavy atom. The molecule has 82 valence electrons. The summed E-state index contributed by atoms with van der Waals surface area (Å²) in [6.45, 7) is 0.159. The number of carbonyl (C=O) groups excluding carboxylic acids is 1. The molecular formula is C12H18N2O. The molecule has 2 aliphatic carbocycles. The predicted molar refractivity (Wildman–Crippen MR) is 56.8 cm³/mol. The van der Waals surface area contributed by atoms with Crippen LogP contribution in [-0.4, -0.2) is 12.5 Å². The van der Waals surface area contributed by atoms with Gasteiger partial charge in [-0.1, -0.05) is 32.1 Å². The molecule has 2 saturated carbocycles. The van der Waals surface area contributed by atoms with Crippen molar-refractivity contribution in [2.45, 2.75) is 38.5 Å². The third-order valence-corrected chi connectivity index (χ3v) is 3.77. The zero-order chi connectivity index (χ0) is 10.7. The van der Waals surface area contributed by atoms with E-state index < -0.39 is 0 Å². The van der Waals surface area contributed by atoms with Gasteiger partial charge >= 0.3 is 0 Å². The maximum atomic E-state index is 11.6. The van der Waals surface area contributed by atoms with E-state index in [1.54, 1.807) is 0 Å². The van der Waals surface area contributed by atoms with Gasteiger partial charge in [0.15, 0.2) is 0 Å². The molecule has 0 aromatic rings. The lowest BCUT2D eigenvalue weighted by atomic mass is 9.85. The van der Waals surface area contributed by atoms with E-state index in [1.807, 2.05) is 6.07 Å². The molecule has 0 aromatic heterocycles. The average molecular weight is 206 g/mol. The topological polar surface area (TPSA) is 52.9 Å². The third kappa shape index (κ3) is 2.50. The zero-order valence-electron chi connectivity index (χ0n) is 9.04. The van der Waals surface area contributed by atoms with Gasteiger partial charge in [0.1, 0.15) is 6.54 Å². The second-order valence-corrected chi connectivity index (χ2v) is 4.78. The molecule has 1 N–H and O–H groups in total.